The molecule has 2 N–H and O–H groups in total. The first-order chi connectivity index (χ1) is 9.43. The van der Waals surface area contributed by atoms with Crippen LogP contribution in [0, 0.1) is 11.8 Å². The Hall–Kier alpha value is -1.30. The van der Waals surface area contributed by atoms with Crippen molar-refractivity contribution in [2.75, 3.05) is 26.3 Å². The van der Waals surface area contributed by atoms with Crippen LogP contribution >= 0.6 is 0 Å². The van der Waals surface area contributed by atoms with E-state index < -0.39 is 5.97 Å². The number of carboxylic acid groups (broad SMARTS) is 1. The van der Waals surface area contributed by atoms with Gasteiger partial charge in [-0.3, -0.25) is 4.79 Å². The van der Waals surface area contributed by atoms with Crippen LogP contribution in [0.15, 0.2) is 0 Å². The summed E-state index contributed by atoms with van der Waals surface area (Å²) in [5.74, 6) is -0.431. The molecule has 0 spiro atoms. The lowest BCUT2D eigenvalue weighted by Crippen LogP contribution is -2.48. The van der Waals surface area contributed by atoms with Crippen LogP contribution in [-0.2, 0) is 9.53 Å². The SMILES string of the molecule is CCOCC(NC(=O)N1CCC(CC(=O)O)C1)C(C)C. The minimum Gasteiger partial charge on any atom is -0.481 e. The summed E-state index contributed by atoms with van der Waals surface area (Å²) >= 11 is 0. The molecule has 20 heavy (non-hydrogen) atoms. The van der Waals surface area contributed by atoms with E-state index >= 15 is 0 Å². The van der Waals surface area contributed by atoms with Crippen LogP contribution in [0.25, 0.3) is 0 Å². The van der Waals surface area contributed by atoms with Gasteiger partial charge in [0.25, 0.3) is 0 Å². The Kier molecular flexibility index (Phi) is 6.78. The minimum absolute atomic E-state index is 0.0130. The summed E-state index contributed by atoms with van der Waals surface area (Å²) in [7, 11) is 0. The number of carbonyl (C=O) groups excluding carboxylic acids is 1. The fourth-order valence-electron chi connectivity index (χ4n) is 2.33. The maximum Gasteiger partial charge on any atom is 0.317 e. The zero-order valence-electron chi connectivity index (χ0n) is 12.6. The molecule has 0 saturated carbocycles. The van der Waals surface area contributed by atoms with Gasteiger partial charge in [-0.25, -0.2) is 4.79 Å². The van der Waals surface area contributed by atoms with Crippen molar-refractivity contribution in [3.8, 4) is 0 Å². The molecule has 1 heterocycles. The van der Waals surface area contributed by atoms with Crippen molar-refractivity contribution in [3.63, 3.8) is 0 Å². The van der Waals surface area contributed by atoms with Crippen molar-refractivity contribution in [2.24, 2.45) is 11.8 Å². The molecule has 0 aliphatic carbocycles. The van der Waals surface area contributed by atoms with Crippen molar-refractivity contribution in [1.29, 1.82) is 0 Å². The fraction of sp³-hybridized carbons (Fsp3) is 0.857. The number of amides is 2. The molecule has 2 amide bonds. The lowest BCUT2D eigenvalue weighted by Gasteiger charge is -2.25. The largest absolute Gasteiger partial charge is 0.481 e. The summed E-state index contributed by atoms with van der Waals surface area (Å²) in [6, 6.07) is -0.128. The van der Waals surface area contributed by atoms with Crippen molar-refractivity contribution in [3.05, 3.63) is 0 Å². The van der Waals surface area contributed by atoms with Gasteiger partial charge in [0, 0.05) is 26.1 Å². The first-order valence-corrected chi connectivity index (χ1v) is 7.29. The van der Waals surface area contributed by atoms with Crippen molar-refractivity contribution >= 4 is 12.0 Å². The molecule has 116 valence electrons. The molecule has 1 fully saturated rings. The van der Waals surface area contributed by atoms with Gasteiger partial charge >= 0.3 is 12.0 Å². The third-order valence-corrected chi connectivity index (χ3v) is 3.65. The third-order valence-electron chi connectivity index (χ3n) is 3.65. The van der Waals surface area contributed by atoms with Crippen molar-refractivity contribution in [2.45, 2.75) is 39.7 Å². The Morgan fingerprint density at radius 2 is 2.15 bits per heavy atom. The van der Waals surface area contributed by atoms with Gasteiger partial charge in [-0.15, -0.1) is 0 Å². The Morgan fingerprint density at radius 3 is 2.70 bits per heavy atom. The van der Waals surface area contributed by atoms with Crippen LogP contribution in [0.3, 0.4) is 0 Å². The molecule has 1 rings (SSSR count). The quantitative estimate of drug-likeness (QED) is 0.744. The zero-order valence-corrected chi connectivity index (χ0v) is 12.6. The van der Waals surface area contributed by atoms with Crippen LogP contribution in [-0.4, -0.2) is 54.4 Å². The first-order valence-electron chi connectivity index (χ1n) is 7.29. The zero-order chi connectivity index (χ0) is 15.1. The monoisotopic (exact) mass is 286 g/mol. The van der Waals surface area contributed by atoms with E-state index in [9.17, 15) is 9.59 Å². The number of nitrogens with one attached hydrogen (secondary N) is 1. The number of aliphatic carboxylic acids is 1. The van der Waals surface area contributed by atoms with E-state index in [0.29, 0.717) is 32.2 Å². The van der Waals surface area contributed by atoms with Crippen LogP contribution in [0.2, 0.25) is 0 Å². The second kappa shape index (κ2) is 8.09. The lowest BCUT2D eigenvalue weighted by atomic mass is 10.1. The van der Waals surface area contributed by atoms with Crippen molar-refractivity contribution in [1.82, 2.24) is 10.2 Å². The number of rotatable bonds is 7. The summed E-state index contributed by atoms with van der Waals surface area (Å²) in [6.07, 6.45) is 0.897. The predicted molar refractivity (Wildman–Crippen MR) is 75.6 cm³/mol. The van der Waals surface area contributed by atoms with E-state index in [1.54, 1.807) is 4.90 Å². The van der Waals surface area contributed by atoms with Crippen molar-refractivity contribution < 1.29 is 19.4 Å². The smallest absolute Gasteiger partial charge is 0.317 e. The third kappa shape index (κ3) is 5.36. The molecule has 1 aliphatic rings. The number of ether oxygens (including phenoxy) is 1. The normalized spacial score (nSPS) is 20.2. The molecule has 0 aromatic rings. The minimum atomic E-state index is -0.798. The number of carboxylic acids is 1. The van der Waals surface area contributed by atoms with Gasteiger partial charge in [0.2, 0.25) is 0 Å². The summed E-state index contributed by atoms with van der Waals surface area (Å²) in [6.45, 7) is 8.30. The molecule has 6 nitrogen and oxygen atoms in total. The Morgan fingerprint density at radius 1 is 1.45 bits per heavy atom. The van der Waals surface area contributed by atoms with E-state index in [0.717, 1.165) is 6.42 Å². The van der Waals surface area contributed by atoms with Crippen LogP contribution < -0.4 is 5.32 Å². The highest BCUT2D eigenvalue weighted by molar-refractivity contribution is 5.75. The van der Waals surface area contributed by atoms with Crippen LogP contribution in [0.5, 0.6) is 0 Å². The van der Waals surface area contributed by atoms with E-state index in [1.807, 2.05) is 20.8 Å². The van der Waals surface area contributed by atoms with Gasteiger partial charge in [-0.05, 0) is 25.2 Å². The molecule has 6 heteroatoms. The summed E-state index contributed by atoms with van der Waals surface area (Å²) < 4.78 is 5.38. The Balaban J connectivity index is 2.43. The van der Waals surface area contributed by atoms with E-state index in [4.69, 9.17) is 9.84 Å². The highest BCUT2D eigenvalue weighted by Gasteiger charge is 2.29. The molecule has 0 aromatic carbocycles. The number of hydrogen-bond donors (Lipinski definition) is 2. The molecular weight excluding hydrogens is 260 g/mol. The number of likely N-dealkylation sites (tertiary alicyclic amines) is 1. The molecule has 1 aliphatic heterocycles. The van der Waals surface area contributed by atoms with Gasteiger partial charge in [0.1, 0.15) is 0 Å². The van der Waals surface area contributed by atoms with E-state index in [-0.39, 0.29) is 24.4 Å². The van der Waals surface area contributed by atoms with Gasteiger partial charge in [0.05, 0.1) is 12.6 Å². The number of urea groups is 1. The average Bonchev–Trinajstić information content (AvgIpc) is 2.81. The van der Waals surface area contributed by atoms with Crippen LogP contribution in [0.4, 0.5) is 4.79 Å². The fourth-order valence-corrected chi connectivity index (χ4v) is 2.33. The standard InChI is InChI=1S/C14H26N2O4/c1-4-20-9-12(10(2)3)15-14(19)16-6-5-11(8-16)7-13(17)18/h10-12H,4-9H2,1-3H3,(H,15,19)(H,17,18). The maximum absolute atomic E-state index is 12.2. The second-order valence-corrected chi connectivity index (χ2v) is 5.66. The second-order valence-electron chi connectivity index (χ2n) is 5.66. The highest BCUT2D eigenvalue weighted by Crippen LogP contribution is 2.19. The number of hydrogen-bond acceptors (Lipinski definition) is 3. The van der Waals surface area contributed by atoms with Gasteiger partial charge in [-0.1, -0.05) is 13.8 Å². The number of nitrogens with zero attached hydrogens (tertiary/aromatic N) is 1. The summed E-state index contributed by atoms with van der Waals surface area (Å²) in [5, 5.41) is 11.8. The molecule has 1 saturated heterocycles. The molecular formula is C14H26N2O4. The summed E-state index contributed by atoms with van der Waals surface area (Å²) in [4.78, 5) is 24.6. The Labute approximate surface area is 120 Å². The first kappa shape index (κ1) is 16.8. The average molecular weight is 286 g/mol. The molecule has 2 unspecified atom stereocenters. The lowest BCUT2D eigenvalue weighted by molar-refractivity contribution is -0.138. The molecule has 2 atom stereocenters. The van der Waals surface area contributed by atoms with Gasteiger partial charge in [0.15, 0.2) is 0 Å². The maximum atomic E-state index is 12.2. The summed E-state index contributed by atoms with van der Waals surface area (Å²) in [5.41, 5.74) is 0. The number of carbonyl (C=O) groups is 2. The van der Waals surface area contributed by atoms with E-state index in [2.05, 4.69) is 5.32 Å². The molecule has 0 bridgehead atoms. The Bertz CT molecular complexity index is 333. The molecule has 0 aromatic heterocycles. The highest BCUT2D eigenvalue weighted by atomic mass is 16.5. The van der Waals surface area contributed by atoms with Crippen LogP contribution in [0.1, 0.15) is 33.6 Å². The topological polar surface area (TPSA) is 78.9 Å². The van der Waals surface area contributed by atoms with E-state index in [1.165, 1.54) is 0 Å². The predicted octanol–water partition coefficient (Wildman–Crippen LogP) is 1.55. The molecule has 0 radical (unpaired) electrons. The van der Waals surface area contributed by atoms with Gasteiger partial charge in [-0.2, -0.15) is 0 Å². The van der Waals surface area contributed by atoms with Gasteiger partial charge < -0.3 is 20.1 Å².